The van der Waals surface area contributed by atoms with Crippen molar-refractivity contribution in [3.05, 3.63) is 75.6 Å². The van der Waals surface area contributed by atoms with Crippen molar-refractivity contribution in [1.82, 2.24) is 19.3 Å². The van der Waals surface area contributed by atoms with E-state index in [4.69, 9.17) is 5.73 Å². The van der Waals surface area contributed by atoms with Gasteiger partial charge in [-0.15, -0.1) is 0 Å². The van der Waals surface area contributed by atoms with Crippen molar-refractivity contribution in [2.75, 3.05) is 11.4 Å². The molecule has 1 aliphatic rings. The zero-order valence-corrected chi connectivity index (χ0v) is 17.7. The van der Waals surface area contributed by atoms with E-state index >= 15 is 0 Å². The average molecular weight is 440 g/mol. The first kappa shape index (κ1) is 21.6. The van der Waals surface area contributed by atoms with Gasteiger partial charge in [-0.1, -0.05) is 18.2 Å². The van der Waals surface area contributed by atoms with Crippen molar-refractivity contribution in [2.45, 2.75) is 33.2 Å². The van der Waals surface area contributed by atoms with Crippen LogP contribution in [-0.2, 0) is 17.8 Å². The van der Waals surface area contributed by atoms with Gasteiger partial charge in [0.1, 0.15) is 12.1 Å². The van der Waals surface area contributed by atoms with E-state index in [1.165, 1.54) is 17.1 Å². The van der Waals surface area contributed by atoms with Crippen molar-refractivity contribution >= 4 is 17.4 Å². The van der Waals surface area contributed by atoms with Crippen LogP contribution in [0, 0.1) is 13.8 Å². The molecule has 0 fully saturated rings. The summed E-state index contributed by atoms with van der Waals surface area (Å²) < 4.78 is 27.9. The zero-order valence-electron chi connectivity index (χ0n) is 17.7. The summed E-state index contributed by atoms with van der Waals surface area (Å²) in [5.74, 6) is 0.441. The van der Waals surface area contributed by atoms with E-state index in [2.05, 4.69) is 10.1 Å². The van der Waals surface area contributed by atoms with Gasteiger partial charge in [0.05, 0.1) is 24.1 Å². The zero-order chi connectivity index (χ0) is 23.0. The smallest absolute Gasteiger partial charge is 0.327 e. The van der Waals surface area contributed by atoms with Crippen molar-refractivity contribution in [3.63, 3.8) is 0 Å². The van der Waals surface area contributed by atoms with Crippen LogP contribution in [0.3, 0.4) is 0 Å². The third-order valence-corrected chi connectivity index (χ3v) is 5.52. The Bertz CT molecular complexity index is 1290. The van der Waals surface area contributed by atoms with E-state index in [1.54, 1.807) is 17.9 Å². The van der Waals surface area contributed by atoms with Gasteiger partial charge in [-0.3, -0.25) is 9.69 Å². The molecular weight excluding hydrogens is 418 g/mol. The van der Waals surface area contributed by atoms with E-state index in [-0.39, 0.29) is 18.0 Å². The molecule has 8 nitrogen and oxygen atoms in total. The summed E-state index contributed by atoms with van der Waals surface area (Å²) in [6, 6.07) is 7.64. The number of halogens is 2. The van der Waals surface area contributed by atoms with Gasteiger partial charge in [0.15, 0.2) is 0 Å². The molecule has 3 heterocycles. The summed E-state index contributed by atoms with van der Waals surface area (Å²) in [6.45, 7) is 2.98. The Morgan fingerprint density at radius 1 is 1.16 bits per heavy atom. The van der Waals surface area contributed by atoms with Crippen LogP contribution in [0.5, 0.6) is 0 Å². The molecule has 3 aromatic rings. The highest BCUT2D eigenvalue weighted by molar-refractivity contribution is 6.03. The Hall–Kier alpha value is -3.66. The largest absolute Gasteiger partial charge is 0.350 e. The topological polar surface area (TPSA) is 99.0 Å². The van der Waals surface area contributed by atoms with Crippen molar-refractivity contribution < 1.29 is 13.6 Å². The number of nitrogens with two attached hydrogens (primary N) is 1. The fourth-order valence-corrected chi connectivity index (χ4v) is 3.87. The lowest BCUT2D eigenvalue weighted by Gasteiger charge is -2.31. The molecule has 0 saturated heterocycles. The fourth-order valence-electron chi connectivity index (χ4n) is 3.87. The monoisotopic (exact) mass is 440 g/mol. The molecule has 0 bridgehead atoms. The first-order chi connectivity index (χ1) is 15.3. The van der Waals surface area contributed by atoms with Crippen LogP contribution in [0.1, 0.15) is 23.1 Å². The quantitative estimate of drug-likeness (QED) is 0.658. The van der Waals surface area contributed by atoms with Gasteiger partial charge in [-0.05, 0) is 43.0 Å². The van der Waals surface area contributed by atoms with Gasteiger partial charge in [0, 0.05) is 18.5 Å². The molecule has 2 aromatic heterocycles. The minimum Gasteiger partial charge on any atom is -0.327 e. The third-order valence-electron chi connectivity index (χ3n) is 5.52. The highest BCUT2D eigenvalue weighted by Gasteiger charge is 2.29. The van der Waals surface area contributed by atoms with E-state index in [0.717, 1.165) is 21.5 Å². The summed E-state index contributed by atoms with van der Waals surface area (Å²) in [7, 11) is 0. The van der Waals surface area contributed by atoms with E-state index < -0.39 is 18.3 Å². The van der Waals surface area contributed by atoms with Crippen LogP contribution < -0.4 is 16.3 Å². The van der Waals surface area contributed by atoms with Gasteiger partial charge < -0.3 is 5.73 Å². The minimum atomic E-state index is -1.92. The lowest BCUT2D eigenvalue weighted by atomic mass is 9.97. The first-order valence-corrected chi connectivity index (χ1v) is 10.1. The molecule has 4 rings (SSSR count). The number of aromatic nitrogens is 4. The Morgan fingerprint density at radius 3 is 2.62 bits per heavy atom. The molecule has 1 aromatic carbocycles. The third kappa shape index (κ3) is 3.73. The summed E-state index contributed by atoms with van der Waals surface area (Å²) in [5.41, 5.74) is 8.36. The molecule has 0 saturated carbocycles. The molecule has 10 heteroatoms. The van der Waals surface area contributed by atoms with Gasteiger partial charge in [0.2, 0.25) is 5.91 Å². The van der Waals surface area contributed by atoms with Crippen LogP contribution in [0.15, 0.2) is 53.2 Å². The van der Waals surface area contributed by atoms with Crippen LogP contribution >= 0.6 is 0 Å². The average Bonchev–Trinajstić information content (AvgIpc) is 3.12. The van der Waals surface area contributed by atoms with Gasteiger partial charge >= 0.3 is 5.69 Å². The number of carbonyl (C=O) groups excluding carboxylic acids is 1. The van der Waals surface area contributed by atoms with Gasteiger partial charge in [0.25, 0.3) is 6.08 Å². The number of para-hydroxylation sites is 1. The Kier molecular flexibility index (Phi) is 5.70. The number of rotatable bonds is 5. The van der Waals surface area contributed by atoms with E-state index in [0.29, 0.717) is 29.9 Å². The molecule has 2 N–H and O–H groups in total. The van der Waals surface area contributed by atoms with Gasteiger partial charge in [-0.25, -0.2) is 19.0 Å². The van der Waals surface area contributed by atoms with Crippen molar-refractivity contribution in [1.29, 1.82) is 0 Å². The number of nitrogens with zero attached hydrogens (tertiary/aromatic N) is 5. The lowest BCUT2D eigenvalue weighted by Crippen LogP contribution is -2.33. The summed E-state index contributed by atoms with van der Waals surface area (Å²) >= 11 is 0. The number of carbonyl (C=O) groups is 1. The van der Waals surface area contributed by atoms with Gasteiger partial charge in [-0.2, -0.15) is 13.9 Å². The van der Waals surface area contributed by atoms with Crippen LogP contribution in [-0.4, -0.2) is 31.8 Å². The number of fused-ring (bicyclic) bond motifs is 1. The predicted molar refractivity (Wildman–Crippen MR) is 115 cm³/mol. The highest BCUT2D eigenvalue weighted by atomic mass is 19.3. The van der Waals surface area contributed by atoms with Crippen LogP contribution in [0.4, 0.5) is 20.3 Å². The normalized spacial score (nSPS) is 13.3. The standard InChI is InChI=1S/C22H22F2N6O2/c1-13-4-3-5-15-6-7-18(31)30(19(13)15)21-14(2)8-17(10-26-21)28-12-27-29(22(28)32)11-16(9-25)20(23)24/h3-5,8,10,12H,6-7,9,11,25H2,1-2H3. The number of amides is 1. The lowest BCUT2D eigenvalue weighted by molar-refractivity contribution is -0.118. The van der Waals surface area contributed by atoms with E-state index in [9.17, 15) is 18.4 Å². The first-order valence-electron chi connectivity index (χ1n) is 10.1. The summed E-state index contributed by atoms with van der Waals surface area (Å²) in [5, 5.41) is 3.91. The summed E-state index contributed by atoms with van der Waals surface area (Å²) in [4.78, 5) is 31.6. The Morgan fingerprint density at radius 2 is 1.94 bits per heavy atom. The molecule has 1 aliphatic heterocycles. The SMILES string of the molecule is Cc1cc(-n2cnn(CC(CN)=C(F)F)c2=O)cnc1N1C(=O)CCc2cccc(C)c21. The highest BCUT2D eigenvalue weighted by Crippen LogP contribution is 2.37. The van der Waals surface area contributed by atoms with E-state index in [1.807, 2.05) is 25.1 Å². The number of hydrogen-bond donors (Lipinski definition) is 1. The van der Waals surface area contributed by atoms with Crippen LogP contribution in [0.25, 0.3) is 5.69 Å². The molecule has 0 atom stereocenters. The number of benzene rings is 1. The maximum absolute atomic E-state index is 12.9. The molecule has 166 valence electrons. The second kappa shape index (κ2) is 8.46. The molecule has 1 amide bonds. The molecule has 0 radical (unpaired) electrons. The second-order valence-corrected chi connectivity index (χ2v) is 7.66. The number of aryl methyl sites for hydroxylation is 3. The Balaban J connectivity index is 1.72. The molecule has 32 heavy (non-hydrogen) atoms. The Labute approximate surface area is 182 Å². The molecule has 0 aliphatic carbocycles. The minimum absolute atomic E-state index is 0.0468. The fraction of sp³-hybridized carbons (Fsp3) is 0.273. The number of pyridine rings is 1. The van der Waals surface area contributed by atoms with Crippen molar-refractivity contribution in [2.24, 2.45) is 5.73 Å². The maximum Gasteiger partial charge on any atom is 0.350 e. The second-order valence-electron chi connectivity index (χ2n) is 7.66. The van der Waals surface area contributed by atoms with Crippen molar-refractivity contribution in [3.8, 4) is 5.69 Å². The molecular formula is C22H22F2N6O2. The molecule has 0 spiro atoms. The molecule has 0 unspecified atom stereocenters. The maximum atomic E-state index is 12.9. The predicted octanol–water partition coefficient (Wildman–Crippen LogP) is 2.77. The summed E-state index contributed by atoms with van der Waals surface area (Å²) in [6.07, 6.45) is 1.85. The number of anilines is 2. The van der Waals surface area contributed by atoms with Crippen LogP contribution in [0.2, 0.25) is 0 Å². The number of hydrogen-bond acceptors (Lipinski definition) is 5.